The summed E-state index contributed by atoms with van der Waals surface area (Å²) in [5, 5.41) is 14.1. The van der Waals surface area contributed by atoms with E-state index in [0.717, 1.165) is 11.8 Å². The molecule has 1 N–H and O–H groups in total. The van der Waals surface area contributed by atoms with Gasteiger partial charge in [0.25, 0.3) is 11.6 Å². The van der Waals surface area contributed by atoms with Crippen LogP contribution in [0.2, 0.25) is 5.02 Å². The van der Waals surface area contributed by atoms with Crippen LogP contribution in [0.4, 0.5) is 11.4 Å². The minimum absolute atomic E-state index is 0.0772. The number of carbonyl (C=O) groups is 2. The van der Waals surface area contributed by atoms with E-state index in [9.17, 15) is 19.7 Å². The first kappa shape index (κ1) is 20.0. The molecule has 1 aliphatic heterocycles. The standard InChI is InChI=1S/C18H12ClN3O4S2/c19-12-4-6-13(7-5-12)20-16(23)10-21-17(24)15(28-18(21)27)9-11-2-1-3-14(8-11)22(25)26/h1-9H,10H2,(H,20,23)/b15-9-. The van der Waals surface area contributed by atoms with Crippen LogP contribution in [0.3, 0.4) is 0 Å². The summed E-state index contributed by atoms with van der Waals surface area (Å²) in [6.07, 6.45) is 1.52. The van der Waals surface area contributed by atoms with Gasteiger partial charge in [0.05, 0.1) is 9.83 Å². The van der Waals surface area contributed by atoms with Crippen molar-refractivity contribution >= 4 is 69.2 Å². The van der Waals surface area contributed by atoms with Crippen molar-refractivity contribution in [3.63, 3.8) is 0 Å². The second-order valence-electron chi connectivity index (χ2n) is 5.68. The van der Waals surface area contributed by atoms with E-state index in [1.807, 2.05) is 0 Å². The minimum Gasteiger partial charge on any atom is -0.325 e. The lowest BCUT2D eigenvalue weighted by molar-refractivity contribution is -0.384. The van der Waals surface area contributed by atoms with Crippen molar-refractivity contribution < 1.29 is 14.5 Å². The lowest BCUT2D eigenvalue weighted by atomic mass is 10.2. The van der Waals surface area contributed by atoms with E-state index < -0.39 is 16.7 Å². The summed E-state index contributed by atoms with van der Waals surface area (Å²) in [7, 11) is 0. The third-order valence-corrected chi connectivity index (χ3v) is 5.31. The zero-order valence-corrected chi connectivity index (χ0v) is 16.5. The van der Waals surface area contributed by atoms with E-state index in [1.54, 1.807) is 30.3 Å². The van der Waals surface area contributed by atoms with Gasteiger partial charge in [-0.15, -0.1) is 0 Å². The molecule has 2 aromatic rings. The lowest BCUT2D eigenvalue weighted by Crippen LogP contribution is -2.36. The number of nitrogens with one attached hydrogen (secondary N) is 1. The number of nitro groups is 1. The van der Waals surface area contributed by atoms with Crippen LogP contribution in [0.1, 0.15) is 5.56 Å². The number of rotatable bonds is 5. The maximum atomic E-state index is 12.6. The maximum absolute atomic E-state index is 12.6. The Morgan fingerprint density at radius 3 is 2.68 bits per heavy atom. The van der Waals surface area contributed by atoms with Gasteiger partial charge in [0.1, 0.15) is 10.9 Å². The van der Waals surface area contributed by atoms with Gasteiger partial charge in [0, 0.05) is 22.8 Å². The zero-order valence-electron chi connectivity index (χ0n) is 14.1. The normalized spacial score (nSPS) is 15.2. The predicted octanol–water partition coefficient (Wildman–Crippen LogP) is 4.09. The Balaban J connectivity index is 1.71. The number of hydrogen-bond donors (Lipinski definition) is 1. The number of carbonyl (C=O) groups excluding carboxylic acids is 2. The topological polar surface area (TPSA) is 92.5 Å². The second kappa shape index (κ2) is 8.51. The molecule has 0 bridgehead atoms. The van der Waals surface area contributed by atoms with Gasteiger partial charge in [0.2, 0.25) is 5.91 Å². The van der Waals surface area contributed by atoms with Gasteiger partial charge in [-0.1, -0.05) is 47.7 Å². The monoisotopic (exact) mass is 433 g/mol. The first-order valence-corrected chi connectivity index (χ1v) is 9.49. The van der Waals surface area contributed by atoms with E-state index in [0.29, 0.717) is 21.2 Å². The Hall–Kier alpha value is -2.75. The fourth-order valence-corrected chi connectivity index (χ4v) is 3.77. The molecule has 1 heterocycles. The molecule has 0 radical (unpaired) electrons. The molecule has 7 nitrogen and oxygen atoms in total. The first-order chi connectivity index (χ1) is 13.3. The third-order valence-electron chi connectivity index (χ3n) is 3.68. The number of amides is 2. The Morgan fingerprint density at radius 2 is 2.00 bits per heavy atom. The molecule has 0 unspecified atom stereocenters. The summed E-state index contributed by atoms with van der Waals surface area (Å²) in [5.41, 5.74) is 0.971. The number of thioether (sulfide) groups is 1. The highest BCUT2D eigenvalue weighted by Crippen LogP contribution is 2.32. The van der Waals surface area contributed by atoms with Gasteiger partial charge >= 0.3 is 0 Å². The molecule has 0 aliphatic carbocycles. The molecule has 0 atom stereocenters. The Kier molecular flexibility index (Phi) is 6.08. The molecular weight excluding hydrogens is 422 g/mol. The molecule has 1 aliphatic rings. The highest BCUT2D eigenvalue weighted by Gasteiger charge is 2.33. The van der Waals surface area contributed by atoms with Crippen molar-refractivity contribution in [2.45, 2.75) is 0 Å². The summed E-state index contributed by atoms with van der Waals surface area (Å²) in [6.45, 7) is -0.237. The quantitative estimate of drug-likeness (QED) is 0.330. The summed E-state index contributed by atoms with van der Waals surface area (Å²) in [5.74, 6) is -0.831. The van der Waals surface area contributed by atoms with Crippen molar-refractivity contribution in [1.82, 2.24) is 4.90 Å². The molecule has 3 rings (SSSR count). The largest absolute Gasteiger partial charge is 0.325 e. The number of benzene rings is 2. The number of nitrogens with zero attached hydrogens (tertiary/aromatic N) is 2. The number of thiocarbonyl (C=S) groups is 1. The maximum Gasteiger partial charge on any atom is 0.270 e. The molecule has 2 amide bonds. The highest BCUT2D eigenvalue weighted by atomic mass is 35.5. The van der Waals surface area contributed by atoms with Crippen LogP contribution in [-0.2, 0) is 9.59 Å². The van der Waals surface area contributed by atoms with Crippen molar-refractivity contribution in [1.29, 1.82) is 0 Å². The number of halogens is 1. The molecular formula is C18H12ClN3O4S2. The smallest absolute Gasteiger partial charge is 0.270 e. The summed E-state index contributed by atoms with van der Waals surface area (Å²) < 4.78 is 0.243. The number of nitro benzene ring substituents is 1. The van der Waals surface area contributed by atoms with Gasteiger partial charge < -0.3 is 5.32 Å². The van der Waals surface area contributed by atoms with E-state index in [1.165, 1.54) is 29.2 Å². The summed E-state index contributed by atoms with van der Waals surface area (Å²) >= 11 is 12.0. The van der Waals surface area contributed by atoms with Crippen molar-refractivity contribution in [2.24, 2.45) is 0 Å². The molecule has 2 aromatic carbocycles. The third kappa shape index (κ3) is 4.75. The van der Waals surface area contributed by atoms with Crippen LogP contribution in [0, 0.1) is 10.1 Å². The summed E-state index contributed by atoms with van der Waals surface area (Å²) in [4.78, 5) is 36.7. The molecule has 0 aromatic heterocycles. The molecule has 1 saturated heterocycles. The highest BCUT2D eigenvalue weighted by molar-refractivity contribution is 8.26. The van der Waals surface area contributed by atoms with Crippen molar-refractivity contribution in [3.8, 4) is 0 Å². The van der Waals surface area contributed by atoms with Crippen LogP contribution in [0.25, 0.3) is 6.08 Å². The van der Waals surface area contributed by atoms with Crippen molar-refractivity contribution in [3.05, 3.63) is 74.1 Å². The van der Waals surface area contributed by atoms with Gasteiger partial charge in [-0.05, 0) is 35.9 Å². The first-order valence-electron chi connectivity index (χ1n) is 7.89. The molecule has 10 heteroatoms. The van der Waals surface area contributed by atoms with Crippen LogP contribution < -0.4 is 5.32 Å². The Morgan fingerprint density at radius 1 is 1.29 bits per heavy atom. The predicted molar refractivity (Wildman–Crippen MR) is 113 cm³/mol. The molecule has 142 valence electrons. The van der Waals surface area contributed by atoms with Gasteiger partial charge in [-0.2, -0.15) is 0 Å². The second-order valence-corrected chi connectivity index (χ2v) is 7.79. The fraction of sp³-hybridized carbons (Fsp3) is 0.0556. The average molecular weight is 434 g/mol. The van der Waals surface area contributed by atoms with E-state index in [2.05, 4.69) is 5.32 Å². The fourth-order valence-electron chi connectivity index (χ4n) is 2.39. The number of non-ortho nitro benzene ring substituents is 1. The van der Waals surface area contributed by atoms with E-state index in [4.69, 9.17) is 23.8 Å². The average Bonchev–Trinajstić information content (AvgIpc) is 2.91. The Labute approximate surface area is 174 Å². The van der Waals surface area contributed by atoms with Crippen LogP contribution in [0.15, 0.2) is 53.4 Å². The van der Waals surface area contributed by atoms with Gasteiger partial charge in [-0.25, -0.2) is 0 Å². The van der Waals surface area contributed by atoms with Gasteiger partial charge in [0.15, 0.2) is 0 Å². The molecule has 0 spiro atoms. The minimum atomic E-state index is -0.510. The zero-order chi connectivity index (χ0) is 20.3. The Bertz CT molecular complexity index is 1010. The van der Waals surface area contributed by atoms with Crippen molar-refractivity contribution in [2.75, 3.05) is 11.9 Å². The lowest BCUT2D eigenvalue weighted by Gasteiger charge is -2.14. The number of hydrogen-bond acceptors (Lipinski definition) is 6. The molecule has 0 saturated carbocycles. The SMILES string of the molecule is O=C(CN1C(=O)/C(=C/c2cccc([N+](=O)[O-])c2)SC1=S)Nc1ccc(Cl)cc1. The number of anilines is 1. The van der Waals surface area contributed by atoms with Gasteiger partial charge in [-0.3, -0.25) is 24.6 Å². The van der Waals surface area contributed by atoms with E-state index >= 15 is 0 Å². The van der Waals surface area contributed by atoms with E-state index in [-0.39, 0.29) is 16.6 Å². The van der Waals surface area contributed by atoms with Crippen LogP contribution in [0.5, 0.6) is 0 Å². The molecule has 28 heavy (non-hydrogen) atoms. The molecule has 1 fully saturated rings. The summed E-state index contributed by atoms with van der Waals surface area (Å²) in [6, 6.07) is 12.5. The van der Waals surface area contributed by atoms with Crippen LogP contribution in [-0.4, -0.2) is 32.5 Å². The van der Waals surface area contributed by atoms with Crippen LogP contribution >= 0.6 is 35.6 Å².